The first-order valence-electron chi connectivity index (χ1n) is 8.91. The SMILES string of the molecule is COC(=O)c1ccc(NC(=O)CN(CCC2=CCCCC2)S(C)(=O)=O)cc1. The smallest absolute Gasteiger partial charge is 0.337 e. The van der Waals surface area contributed by atoms with Crippen LogP contribution in [0.2, 0.25) is 0 Å². The minimum Gasteiger partial charge on any atom is -0.465 e. The van der Waals surface area contributed by atoms with Crippen LogP contribution < -0.4 is 5.32 Å². The van der Waals surface area contributed by atoms with Gasteiger partial charge < -0.3 is 10.1 Å². The molecule has 0 saturated heterocycles. The molecule has 1 aromatic rings. The van der Waals surface area contributed by atoms with E-state index in [1.54, 1.807) is 12.1 Å². The standard InChI is InChI=1S/C19H26N2O5S/c1-26-19(23)16-8-10-17(11-9-16)20-18(22)14-21(27(2,24)25)13-12-15-6-4-3-5-7-15/h6,8-11H,3-5,7,12-14H2,1-2H3,(H,20,22). The molecule has 0 unspecified atom stereocenters. The van der Waals surface area contributed by atoms with Crippen LogP contribution in [0, 0.1) is 0 Å². The van der Waals surface area contributed by atoms with Crippen LogP contribution in [0.1, 0.15) is 42.5 Å². The number of sulfonamides is 1. The highest BCUT2D eigenvalue weighted by molar-refractivity contribution is 7.88. The molecule has 0 bridgehead atoms. The zero-order chi connectivity index (χ0) is 19.9. The lowest BCUT2D eigenvalue weighted by Crippen LogP contribution is -2.38. The monoisotopic (exact) mass is 394 g/mol. The first kappa shape index (κ1) is 21.1. The van der Waals surface area contributed by atoms with Crippen molar-refractivity contribution in [1.29, 1.82) is 0 Å². The topological polar surface area (TPSA) is 92.8 Å². The van der Waals surface area contributed by atoms with Gasteiger partial charge in [0.05, 0.1) is 25.5 Å². The van der Waals surface area contributed by atoms with E-state index in [0.29, 0.717) is 24.2 Å². The van der Waals surface area contributed by atoms with Gasteiger partial charge in [0.1, 0.15) is 0 Å². The lowest BCUT2D eigenvalue weighted by molar-refractivity contribution is -0.116. The fourth-order valence-corrected chi connectivity index (χ4v) is 3.71. The fraction of sp³-hybridized carbons (Fsp3) is 0.474. The Hall–Kier alpha value is -2.19. The van der Waals surface area contributed by atoms with Crippen molar-refractivity contribution >= 4 is 27.6 Å². The second-order valence-electron chi connectivity index (χ2n) is 6.57. The molecule has 148 valence electrons. The van der Waals surface area contributed by atoms with Crippen molar-refractivity contribution in [2.45, 2.75) is 32.1 Å². The zero-order valence-corrected chi connectivity index (χ0v) is 16.5. The third kappa shape index (κ3) is 6.80. The van der Waals surface area contributed by atoms with Gasteiger partial charge in [-0.3, -0.25) is 4.79 Å². The largest absolute Gasteiger partial charge is 0.465 e. The Morgan fingerprint density at radius 1 is 1.19 bits per heavy atom. The molecule has 0 saturated carbocycles. The lowest BCUT2D eigenvalue weighted by Gasteiger charge is -2.21. The Kier molecular flexibility index (Phi) is 7.55. The van der Waals surface area contributed by atoms with Gasteiger partial charge >= 0.3 is 5.97 Å². The number of amides is 1. The molecule has 0 heterocycles. The second-order valence-corrected chi connectivity index (χ2v) is 8.55. The van der Waals surface area contributed by atoms with E-state index in [1.165, 1.54) is 35.5 Å². The highest BCUT2D eigenvalue weighted by Gasteiger charge is 2.21. The van der Waals surface area contributed by atoms with Crippen molar-refractivity contribution in [2.75, 3.05) is 31.8 Å². The van der Waals surface area contributed by atoms with Crippen LogP contribution >= 0.6 is 0 Å². The van der Waals surface area contributed by atoms with Gasteiger partial charge in [0.15, 0.2) is 0 Å². The van der Waals surface area contributed by atoms with Gasteiger partial charge in [-0.2, -0.15) is 4.31 Å². The molecule has 0 radical (unpaired) electrons. The summed E-state index contributed by atoms with van der Waals surface area (Å²) in [5.74, 6) is -0.892. The van der Waals surface area contributed by atoms with Crippen LogP contribution in [0.4, 0.5) is 5.69 Å². The number of hydrogen-bond donors (Lipinski definition) is 1. The number of carbonyl (C=O) groups excluding carboxylic acids is 2. The average molecular weight is 394 g/mol. The number of methoxy groups -OCH3 is 1. The molecule has 1 aliphatic carbocycles. The number of hydrogen-bond acceptors (Lipinski definition) is 5. The van der Waals surface area contributed by atoms with E-state index in [2.05, 4.69) is 16.1 Å². The number of allylic oxidation sites excluding steroid dienone is 1. The minimum absolute atomic E-state index is 0.245. The first-order chi connectivity index (χ1) is 12.8. The number of rotatable bonds is 8. The molecular weight excluding hydrogens is 368 g/mol. The Labute approximate surface area is 160 Å². The van der Waals surface area contributed by atoms with Gasteiger partial charge in [0.2, 0.25) is 15.9 Å². The zero-order valence-electron chi connectivity index (χ0n) is 15.7. The maximum Gasteiger partial charge on any atom is 0.337 e. The highest BCUT2D eigenvalue weighted by Crippen LogP contribution is 2.20. The van der Waals surface area contributed by atoms with E-state index in [1.807, 2.05) is 0 Å². The number of anilines is 1. The van der Waals surface area contributed by atoms with Gasteiger partial charge in [0.25, 0.3) is 0 Å². The number of nitrogens with one attached hydrogen (secondary N) is 1. The Morgan fingerprint density at radius 3 is 2.44 bits per heavy atom. The molecule has 1 aromatic carbocycles. The fourth-order valence-electron chi connectivity index (χ4n) is 2.93. The number of benzene rings is 1. The van der Waals surface area contributed by atoms with Crippen molar-refractivity contribution in [3.63, 3.8) is 0 Å². The summed E-state index contributed by atoms with van der Waals surface area (Å²) in [6, 6.07) is 6.21. The number of carbonyl (C=O) groups is 2. The van der Waals surface area contributed by atoms with Gasteiger partial charge in [0, 0.05) is 12.2 Å². The first-order valence-corrected chi connectivity index (χ1v) is 10.8. The quantitative estimate of drug-likeness (QED) is 0.540. The molecule has 1 amide bonds. The van der Waals surface area contributed by atoms with Crippen LogP contribution in [-0.4, -0.2) is 51.1 Å². The molecule has 1 aliphatic rings. The minimum atomic E-state index is -3.49. The molecule has 0 fully saturated rings. The van der Waals surface area contributed by atoms with Gasteiger partial charge in [-0.25, -0.2) is 13.2 Å². The van der Waals surface area contributed by atoms with E-state index in [-0.39, 0.29) is 6.54 Å². The third-order valence-corrected chi connectivity index (χ3v) is 5.70. The van der Waals surface area contributed by atoms with Crippen LogP contribution in [-0.2, 0) is 19.6 Å². The Bertz CT molecular complexity index is 800. The summed E-state index contributed by atoms with van der Waals surface area (Å²) in [4.78, 5) is 23.7. The summed E-state index contributed by atoms with van der Waals surface area (Å²) in [5, 5.41) is 2.65. The summed E-state index contributed by atoms with van der Waals surface area (Å²) in [7, 11) is -2.20. The molecule has 0 aliphatic heterocycles. The van der Waals surface area contributed by atoms with Gasteiger partial charge in [-0.1, -0.05) is 11.6 Å². The summed E-state index contributed by atoms with van der Waals surface area (Å²) in [6.07, 6.45) is 8.28. The molecule has 2 rings (SSSR count). The highest BCUT2D eigenvalue weighted by atomic mass is 32.2. The molecule has 7 nitrogen and oxygen atoms in total. The molecule has 0 spiro atoms. The Morgan fingerprint density at radius 2 is 1.89 bits per heavy atom. The maximum atomic E-state index is 12.3. The number of ether oxygens (including phenoxy) is 1. The predicted octanol–water partition coefficient (Wildman–Crippen LogP) is 2.56. The van der Waals surface area contributed by atoms with Crippen molar-refractivity contribution in [3.05, 3.63) is 41.5 Å². The number of esters is 1. The van der Waals surface area contributed by atoms with Crippen LogP contribution in [0.25, 0.3) is 0 Å². The normalized spacial score (nSPS) is 14.6. The molecule has 0 aromatic heterocycles. The van der Waals surface area contributed by atoms with Gasteiger partial charge in [-0.05, 0) is 56.4 Å². The van der Waals surface area contributed by atoms with E-state index < -0.39 is 21.9 Å². The Balaban J connectivity index is 1.94. The van der Waals surface area contributed by atoms with E-state index in [4.69, 9.17) is 0 Å². The average Bonchev–Trinajstić information content (AvgIpc) is 2.65. The lowest BCUT2D eigenvalue weighted by atomic mass is 9.97. The van der Waals surface area contributed by atoms with Crippen LogP contribution in [0.15, 0.2) is 35.9 Å². The molecule has 1 N–H and O–H groups in total. The second kappa shape index (κ2) is 9.66. The van der Waals surface area contributed by atoms with Crippen molar-refractivity contribution in [3.8, 4) is 0 Å². The summed E-state index contributed by atoms with van der Waals surface area (Å²) in [5.41, 5.74) is 2.11. The predicted molar refractivity (Wildman–Crippen MR) is 104 cm³/mol. The van der Waals surface area contributed by atoms with Crippen LogP contribution in [0.5, 0.6) is 0 Å². The third-order valence-electron chi connectivity index (χ3n) is 4.45. The maximum absolute atomic E-state index is 12.3. The molecule has 0 atom stereocenters. The van der Waals surface area contributed by atoms with E-state index in [0.717, 1.165) is 25.5 Å². The van der Waals surface area contributed by atoms with Crippen molar-refractivity contribution < 1.29 is 22.7 Å². The van der Waals surface area contributed by atoms with Gasteiger partial charge in [-0.15, -0.1) is 0 Å². The summed E-state index contributed by atoms with van der Waals surface area (Å²) < 4.78 is 29.9. The molecular formula is C19H26N2O5S. The van der Waals surface area contributed by atoms with Crippen molar-refractivity contribution in [2.24, 2.45) is 0 Å². The summed E-state index contributed by atoms with van der Waals surface area (Å²) in [6.45, 7) is 0.0459. The summed E-state index contributed by atoms with van der Waals surface area (Å²) >= 11 is 0. The molecule has 27 heavy (non-hydrogen) atoms. The number of nitrogens with zero attached hydrogens (tertiary/aromatic N) is 1. The van der Waals surface area contributed by atoms with E-state index in [9.17, 15) is 18.0 Å². The van der Waals surface area contributed by atoms with E-state index >= 15 is 0 Å². The van der Waals surface area contributed by atoms with Crippen LogP contribution in [0.3, 0.4) is 0 Å². The van der Waals surface area contributed by atoms with Crippen molar-refractivity contribution in [1.82, 2.24) is 4.31 Å². The molecule has 8 heteroatoms.